The quantitative estimate of drug-likeness (QED) is 0.0321. The Morgan fingerprint density at radius 2 is 0.750 bits per heavy atom. The van der Waals surface area contributed by atoms with Gasteiger partial charge < -0.3 is 20.3 Å². The van der Waals surface area contributed by atoms with Crippen molar-refractivity contribution in [2.24, 2.45) is 0 Å². The first-order valence-electron chi connectivity index (χ1n) is 28.9. The molecule has 64 heavy (non-hydrogen) atoms. The van der Waals surface area contributed by atoms with Crippen LogP contribution < -0.4 is 5.32 Å². The van der Waals surface area contributed by atoms with E-state index in [2.05, 4.69) is 38.2 Å². The third-order valence-electron chi connectivity index (χ3n) is 13.6. The zero-order valence-corrected chi connectivity index (χ0v) is 43.4. The normalized spacial score (nSPS) is 13.1. The zero-order chi connectivity index (χ0) is 46.7. The molecule has 0 spiro atoms. The van der Waals surface area contributed by atoms with Gasteiger partial charge in [-0.05, 0) is 51.4 Å². The predicted molar refractivity (Wildman–Crippen MR) is 278 cm³/mol. The Labute approximate surface area is 399 Å². The van der Waals surface area contributed by atoms with E-state index in [9.17, 15) is 19.8 Å². The number of ether oxygens (including phenoxy) is 1. The lowest BCUT2D eigenvalue weighted by molar-refractivity contribution is -0.151. The molecular formula is C58H113NO5. The Kier molecular flexibility index (Phi) is 51.4. The van der Waals surface area contributed by atoms with Crippen molar-refractivity contribution in [1.29, 1.82) is 0 Å². The molecule has 0 fully saturated rings. The third-order valence-corrected chi connectivity index (χ3v) is 13.6. The van der Waals surface area contributed by atoms with Crippen LogP contribution in [0.5, 0.6) is 0 Å². The highest BCUT2D eigenvalue weighted by molar-refractivity contribution is 5.77. The molecule has 6 nitrogen and oxygen atoms in total. The van der Waals surface area contributed by atoms with E-state index in [1.807, 2.05) is 0 Å². The zero-order valence-electron chi connectivity index (χ0n) is 43.4. The summed E-state index contributed by atoms with van der Waals surface area (Å²) in [6.45, 7) is 6.51. The molecule has 0 aliphatic heterocycles. The lowest BCUT2D eigenvalue weighted by Gasteiger charge is -2.24. The molecule has 0 saturated heterocycles. The van der Waals surface area contributed by atoms with Crippen LogP contribution in [-0.4, -0.2) is 46.9 Å². The summed E-state index contributed by atoms with van der Waals surface area (Å²) in [4.78, 5) is 26.2. The number of unbranched alkanes of at least 4 members (excludes halogenated alkanes) is 39. The minimum atomic E-state index is -0.784. The Morgan fingerprint density at radius 1 is 0.438 bits per heavy atom. The molecule has 0 saturated carbocycles. The molecule has 380 valence electrons. The van der Waals surface area contributed by atoms with E-state index in [1.54, 1.807) is 0 Å². The van der Waals surface area contributed by atoms with Gasteiger partial charge in [0.1, 0.15) is 6.10 Å². The van der Waals surface area contributed by atoms with Crippen LogP contribution in [0.1, 0.15) is 323 Å². The predicted octanol–water partition coefficient (Wildman–Crippen LogP) is 17.7. The first-order chi connectivity index (χ1) is 31.5. The molecule has 6 heteroatoms. The summed E-state index contributed by atoms with van der Waals surface area (Å²) in [6.07, 6.45) is 59.9. The molecule has 0 radical (unpaired) electrons. The number of aliphatic hydroxyl groups excluding tert-OH is 2. The fraction of sp³-hybridized carbons (Fsp3) is 0.931. The number of carbonyl (C=O) groups is 2. The number of aliphatic hydroxyl groups is 2. The summed E-state index contributed by atoms with van der Waals surface area (Å²) < 4.78 is 5.96. The van der Waals surface area contributed by atoms with E-state index in [4.69, 9.17) is 4.74 Å². The van der Waals surface area contributed by atoms with Crippen molar-refractivity contribution in [3.8, 4) is 0 Å². The van der Waals surface area contributed by atoms with Gasteiger partial charge in [0.25, 0.3) is 0 Å². The van der Waals surface area contributed by atoms with Gasteiger partial charge in [-0.25, -0.2) is 0 Å². The maximum absolute atomic E-state index is 13.3. The van der Waals surface area contributed by atoms with E-state index >= 15 is 0 Å². The molecule has 3 unspecified atom stereocenters. The number of allylic oxidation sites excluding steroid dienone is 2. The van der Waals surface area contributed by atoms with Crippen molar-refractivity contribution < 1.29 is 24.5 Å². The smallest absolute Gasteiger partial charge is 0.306 e. The van der Waals surface area contributed by atoms with Crippen LogP contribution in [0.2, 0.25) is 0 Å². The SMILES string of the molecule is CCCCC/C=C\CCCCCCCC(=O)OC(CCCCCCCCCCCCCCCCCCC)CC(=O)NC(CO)C(O)CCCCCCCCCCCCCCCCCC. The second-order valence-electron chi connectivity index (χ2n) is 20.1. The molecule has 0 bridgehead atoms. The molecule has 0 aromatic heterocycles. The molecule has 0 aliphatic carbocycles. The van der Waals surface area contributed by atoms with Crippen molar-refractivity contribution >= 4 is 11.9 Å². The van der Waals surface area contributed by atoms with Gasteiger partial charge >= 0.3 is 5.97 Å². The topological polar surface area (TPSA) is 95.9 Å². The lowest BCUT2D eigenvalue weighted by Crippen LogP contribution is -2.46. The third kappa shape index (κ3) is 47.1. The molecule has 0 aromatic rings. The number of hydrogen-bond acceptors (Lipinski definition) is 5. The molecule has 0 aliphatic rings. The van der Waals surface area contributed by atoms with Crippen molar-refractivity contribution in [2.45, 2.75) is 341 Å². The van der Waals surface area contributed by atoms with Crippen molar-refractivity contribution in [1.82, 2.24) is 5.32 Å². The fourth-order valence-electron chi connectivity index (χ4n) is 9.19. The van der Waals surface area contributed by atoms with Crippen LogP contribution >= 0.6 is 0 Å². The van der Waals surface area contributed by atoms with Gasteiger partial charge in [0.2, 0.25) is 5.91 Å². The minimum Gasteiger partial charge on any atom is -0.462 e. The van der Waals surface area contributed by atoms with Crippen molar-refractivity contribution in [3.05, 3.63) is 12.2 Å². The number of amides is 1. The second kappa shape index (κ2) is 52.6. The summed E-state index contributed by atoms with van der Waals surface area (Å²) >= 11 is 0. The van der Waals surface area contributed by atoms with E-state index in [0.29, 0.717) is 19.3 Å². The molecule has 0 heterocycles. The van der Waals surface area contributed by atoms with E-state index < -0.39 is 18.2 Å². The molecule has 0 aromatic carbocycles. The van der Waals surface area contributed by atoms with Gasteiger partial charge in [-0.15, -0.1) is 0 Å². The van der Waals surface area contributed by atoms with Gasteiger partial charge in [-0.3, -0.25) is 9.59 Å². The largest absolute Gasteiger partial charge is 0.462 e. The summed E-state index contributed by atoms with van der Waals surface area (Å²) in [6, 6.07) is -0.697. The fourth-order valence-corrected chi connectivity index (χ4v) is 9.19. The van der Waals surface area contributed by atoms with Gasteiger partial charge in [-0.1, -0.05) is 270 Å². The Hall–Kier alpha value is -1.40. The standard InChI is InChI=1S/C58H113NO5/c1-4-7-10-13-16-19-22-25-27-29-30-32-34-37-40-43-46-49-54(64-58(63)51-48-45-42-39-36-24-21-18-15-12-9-6-3)52-57(62)59-55(53-60)56(61)50-47-44-41-38-35-33-31-28-26-23-20-17-14-11-8-5-2/h18,21,54-56,60-61H,4-17,19-20,22-53H2,1-3H3,(H,59,62)/b21-18-. The van der Waals surface area contributed by atoms with Crippen LogP contribution in [-0.2, 0) is 14.3 Å². The summed E-state index contributed by atoms with van der Waals surface area (Å²) in [5.74, 6) is -0.462. The van der Waals surface area contributed by atoms with Crippen LogP contribution in [0.4, 0.5) is 0 Å². The number of carbonyl (C=O) groups excluding carboxylic acids is 2. The maximum Gasteiger partial charge on any atom is 0.306 e. The summed E-state index contributed by atoms with van der Waals surface area (Å²) in [5.41, 5.74) is 0. The number of rotatable bonds is 53. The summed E-state index contributed by atoms with van der Waals surface area (Å²) in [5, 5.41) is 23.9. The maximum atomic E-state index is 13.3. The lowest BCUT2D eigenvalue weighted by atomic mass is 10.0. The average molecular weight is 905 g/mol. The number of esters is 1. The molecular weight excluding hydrogens is 791 g/mol. The molecule has 0 rings (SSSR count). The van der Waals surface area contributed by atoms with Gasteiger partial charge in [0.05, 0.1) is 25.2 Å². The Bertz CT molecular complexity index is 970. The second-order valence-corrected chi connectivity index (χ2v) is 20.1. The Morgan fingerprint density at radius 3 is 1.14 bits per heavy atom. The minimum absolute atomic E-state index is 0.0822. The van der Waals surface area contributed by atoms with Crippen LogP contribution in [0, 0.1) is 0 Å². The molecule has 3 atom stereocenters. The highest BCUT2D eigenvalue weighted by Crippen LogP contribution is 2.19. The van der Waals surface area contributed by atoms with E-state index in [1.165, 1.54) is 225 Å². The molecule has 3 N–H and O–H groups in total. The van der Waals surface area contributed by atoms with Gasteiger partial charge in [-0.2, -0.15) is 0 Å². The van der Waals surface area contributed by atoms with Crippen molar-refractivity contribution in [3.63, 3.8) is 0 Å². The monoisotopic (exact) mass is 904 g/mol. The first-order valence-corrected chi connectivity index (χ1v) is 28.9. The van der Waals surface area contributed by atoms with E-state index in [0.717, 1.165) is 51.4 Å². The number of nitrogens with one attached hydrogen (secondary N) is 1. The van der Waals surface area contributed by atoms with Crippen LogP contribution in [0.25, 0.3) is 0 Å². The molecule has 1 amide bonds. The van der Waals surface area contributed by atoms with E-state index in [-0.39, 0.29) is 24.9 Å². The van der Waals surface area contributed by atoms with Crippen LogP contribution in [0.15, 0.2) is 12.2 Å². The highest BCUT2D eigenvalue weighted by Gasteiger charge is 2.24. The number of hydrogen-bond donors (Lipinski definition) is 3. The Balaban J connectivity index is 4.48. The van der Waals surface area contributed by atoms with Gasteiger partial charge in [0, 0.05) is 6.42 Å². The first kappa shape index (κ1) is 62.6. The highest BCUT2D eigenvalue weighted by atomic mass is 16.5. The van der Waals surface area contributed by atoms with Gasteiger partial charge in [0.15, 0.2) is 0 Å². The average Bonchev–Trinajstić information content (AvgIpc) is 3.29. The van der Waals surface area contributed by atoms with Crippen LogP contribution in [0.3, 0.4) is 0 Å². The van der Waals surface area contributed by atoms with Crippen molar-refractivity contribution in [2.75, 3.05) is 6.61 Å². The summed E-state index contributed by atoms with van der Waals surface area (Å²) in [7, 11) is 0.